The minimum atomic E-state index is -1.43. The Morgan fingerprint density at radius 2 is 1.88 bits per heavy atom. The lowest BCUT2D eigenvalue weighted by molar-refractivity contribution is -0.171. The van der Waals surface area contributed by atoms with Gasteiger partial charge in [0.1, 0.15) is 18.0 Å². The third-order valence-electron chi connectivity index (χ3n) is 9.77. The third-order valence-corrected chi connectivity index (χ3v) is 10.9. The Labute approximate surface area is 195 Å². The van der Waals surface area contributed by atoms with Crippen LogP contribution >= 0.6 is 11.8 Å². The van der Waals surface area contributed by atoms with Crippen molar-refractivity contribution in [1.29, 1.82) is 0 Å². The number of fused-ring (bicyclic) bond motifs is 5. The molecule has 6 heteroatoms. The molecule has 0 spiro atoms. The summed E-state index contributed by atoms with van der Waals surface area (Å²) in [5, 5.41) is 21.0. The van der Waals surface area contributed by atoms with E-state index in [1.807, 2.05) is 0 Å². The van der Waals surface area contributed by atoms with Crippen LogP contribution in [0.15, 0.2) is 10.5 Å². The molecule has 0 saturated heterocycles. The highest BCUT2D eigenvalue weighted by Crippen LogP contribution is 2.69. The van der Waals surface area contributed by atoms with Gasteiger partial charge in [-0.15, -0.1) is 11.8 Å². The Hall–Kier alpha value is -0.980. The van der Waals surface area contributed by atoms with E-state index in [0.29, 0.717) is 42.8 Å². The lowest BCUT2D eigenvalue weighted by atomic mass is 9.43. The van der Waals surface area contributed by atoms with Crippen LogP contribution in [0.5, 0.6) is 0 Å². The van der Waals surface area contributed by atoms with E-state index in [4.69, 9.17) is 0 Å². The van der Waals surface area contributed by atoms with Crippen molar-refractivity contribution in [1.82, 2.24) is 0 Å². The molecular formula is C26H38O5S. The van der Waals surface area contributed by atoms with E-state index in [2.05, 4.69) is 20.8 Å². The molecule has 32 heavy (non-hydrogen) atoms. The zero-order chi connectivity index (χ0) is 23.5. The van der Waals surface area contributed by atoms with Gasteiger partial charge in [0.05, 0.1) is 4.91 Å². The monoisotopic (exact) mass is 462 g/mol. The molecule has 178 valence electrons. The molecule has 0 aliphatic heterocycles. The second kappa shape index (κ2) is 8.35. The number of thioether (sulfide) groups is 1. The first-order valence-electron chi connectivity index (χ1n) is 12.2. The number of carbonyl (C=O) groups excluding carboxylic acids is 3. The number of hydrogen-bond donors (Lipinski definition) is 2. The molecule has 0 aromatic rings. The summed E-state index contributed by atoms with van der Waals surface area (Å²) in [6.45, 7) is 7.67. The average molecular weight is 463 g/mol. The quantitative estimate of drug-likeness (QED) is 0.618. The molecule has 2 N–H and O–H groups in total. The van der Waals surface area contributed by atoms with Crippen LogP contribution in [0.2, 0.25) is 0 Å². The Bertz CT molecular complexity index is 864. The van der Waals surface area contributed by atoms with Gasteiger partial charge in [-0.05, 0) is 80.1 Å². The van der Waals surface area contributed by atoms with Crippen molar-refractivity contribution in [3.63, 3.8) is 0 Å². The minimum Gasteiger partial charge on any atom is -0.388 e. The minimum absolute atomic E-state index is 0.0438. The van der Waals surface area contributed by atoms with Crippen LogP contribution in [0.3, 0.4) is 0 Å². The second-order valence-corrected chi connectivity index (χ2v) is 12.5. The number of rotatable bonds is 6. The van der Waals surface area contributed by atoms with Gasteiger partial charge in [0, 0.05) is 24.0 Å². The van der Waals surface area contributed by atoms with Crippen molar-refractivity contribution in [2.45, 2.75) is 84.7 Å². The van der Waals surface area contributed by atoms with Gasteiger partial charge in [0.2, 0.25) is 0 Å². The largest absolute Gasteiger partial charge is 0.388 e. The van der Waals surface area contributed by atoms with Crippen LogP contribution in [0.25, 0.3) is 0 Å². The Morgan fingerprint density at radius 3 is 2.53 bits per heavy atom. The van der Waals surface area contributed by atoms with E-state index < -0.39 is 23.4 Å². The van der Waals surface area contributed by atoms with Gasteiger partial charge in [-0.1, -0.05) is 20.8 Å². The number of carbonyl (C=O) groups is 3. The maximum atomic E-state index is 12.9. The topological polar surface area (TPSA) is 91.7 Å². The fraction of sp³-hybridized carbons (Fsp3) is 0.808. The fourth-order valence-electron chi connectivity index (χ4n) is 8.43. The second-order valence-electron chi connectivity index (χ2n) is 11.4. The smallest absolute Gasteiger partial charge is 0.190 e. The molecule has 0 heterocycles. The van der Waals surface area contributed by atoms with Crippen molar-refractivity contribution >= 4 is 29.1 Å². The number of aliphatic hydroxyl groups excluding tert-OH is 1. The molecular weight excluding hydrogens is 424 g/mol. The predicted molar refractivity (Wildman–Crippen MR) is 125 cm³/mol. The zero-order valence-electron chi connectivity index (χ0n) is 19.9. The van der Waals surface area contributed by atoms with E-state index in [1.165, 1.54) is 5.57 Å². The molecule has 0 bridgehead atoms. The maximum Gasteiger partial charge on any atom is 0.190 e. The van der Waals surface area contributed by atoms with Gasteiger partial charge in [0.15, 0.2) is 11.6 Å². The first-order valence-corrected chi connectivity index (χ1v) is 13.2. The predicted octanol–water partition coefficient (Wildman–Crippen LogP) is 4.10. The van der Waals surface area contributed by atoms with Crippen LogP contribution in [0, 0.1) is 34.5 Å². The summed E-state index contributed by atoms with van der Waals surface area (Å²) in [7, 11) is 0. The van der Waals surface area contributed by atoms with Crippen LogP contribution in [-0.4, -0.2) is 45.5 Å². The van der Waals surface area contributed by atoms with Crippen molar-refractivity contribution in [2.75, 3.05) is 12.4 Å². The molecule has 3 saturated carbocycles. The molecule has 7 atom stereocenters. The molecule has 0 radical (unpaired) electrons. The first kappa shape index (κ1) is 24.2. The Morgan fingerprint density at radius 1 is 1.16 bits per heavy atom. The summed E-state index contributed by atoms with van der Waals surface area (Å²) in [5.41, 5.74) is -0.677. The number of ketones is 3. The highest BCUT2D eigenvalue weighted by atomic mass is 32.2. The zero-order valence-corrected chi connectivity index (χ0v) is 20.7. The van der Waals surface area contributed by atoms with Gasteiger partial charge in [-0.2, -0.15) is 0 Å². The third kappa shape index (κ3) is 3.39. The van der Waals surface area contributed by atoms with Crippen LogP contribution in [0.4, 0.5) is 0 Å². The first-order chi connectivity index (χ1) is 15.0. The maximum absolute atomic E-state index is 12.9. The fourth-order valence-corrected chi connectivity index (χ4v) is 9.79. The van der Waals surface area contributed by atoms with Crippen molar-refractivity contribution in [3.8, 4) is 0 Å². The molecule has 0 amide bonds. The van der Waals surface area contributed by atoms with Crippen molar-refractivity contribution < 1.29 is 24.6 Å². The lowest BCUT2D eigenvalue weighted by Crippen LogP contribution is -2.60. The van der Waals surface area contributed by atoms with E-state index in [9.17, 15) is 24.6 Å². The van der Waals surface area contributed by atoms with Crippen molar-refractivity contribution in [2.24, 2.45) is 34.5 Å². The highest BCUT2D eigenvalue weighted by molar-refractivity contribution is 8.04. The summed E-state index contributed by atoms with van der Waals surface area (Å²) in [4.78, 5) is 37.8. The SMILES string of the molecule is CC(=O)CCSC1=C2CCC3C(C(C)CC4(C)C3CC[C@]4(O)C(=O)CO)C2(C)CCC1=O. The molecule has 4 aliphatic rings. The van der Waals surface area contributed by atoms with Crippen LogP contribution in [-0.2, 0) is 14.4 Å². The molecule has 4 rings (SSSR count). The number of Topliss-reactive ketones (excluding diaryl/α,β-unsaturated/α-hetero) is 3. The highest BCUT2D eigenvalue weighted by Gasteiger charge is 2.67. The van der Waals surface area contributed by atoms with Gasteiger partial charge < -0.3 is 10.2 Å². The van der Waals surface area contributed by atoms with E-state index >= 15 is 0 Å². The van der Waals surface area contributed by atoms with E-state index in [1.54, 1.807) is 18.7 Å². The molecule has 6 unspecified atom stereocenters. The summed E-state index contributed by atoms with van der Waals surface area (Å²) < 4.78 is 0. The van der Waals surface area contributed by atoms with Gasteiger partial charge >= 0.3 is 0 Å². The molecule has 3 fully saturated rings. The number of hydrogen-bond acceptors (Lipinski definition) is 6. The van der Waals surface area contributed by atoms with Gasteiger partial charge in [0.25, 0.3) is 0 Å². The normalized spacial score (nSPS) is 43.5. The number of allylic oxidation sites excluding steroid dienone is 1. The lowest BCUT2D eigenvalue weighted by Gasteiger charge is -2.61. The van der Waals surface area contributed by atoms with E-state index in [0.717, 1.165) is 37.0 Å². The van der Waals surface area contributed by atoms with Crippen molar-refractivity contribution in [3.05, 3.63) is 10.5 Å². The average Bonchev–Trinajstić information content (AvgIpc) is 3.00. The summed E-state index contributed by atoms with van der Waals surface area (Å²) in [5.74, 6) is 2.04. The summed E-state index contributed by atoms with van der Waals surface area (Å²) in [6.07, 6.45) is 5.82. The van der Waals surface area contributed by atoms with Gasteiger partial charge in [-0.3, -0.25) is 14.4 Å². The van der Waals surface area contributed by atoms with E-state index in [-0.39, 0.29) is 22.9 Å². The molecule has 4 aliphatic carbocycles. The van der Waals surface area contributed by atoms with Crippen LogP contribution in [0.1, 0.15) is 79.1 Å². The van der Waals surface area contributed by atoms with Gasteiger partial charge in [-0.25, -0.2) is 0 Å². The molecule has 5 nitrogen and oxygen atoms in total. The molecule has 0 aromatic carbocycles. The molecule has 0 aromatic heterocycles. The summed E-state index contributed by atoms with van der Waals surface area (Å²) in [6, 6.07) is 0. The summed E-state index contributed by atoms with van der Waals surface area (Å²) >= 11 is 1.58. The Kier molecular flexibility index (Phi) is 6.30. The number of aliphatic hydroxyl groups is 2. The van der Waals surface area contributed by atoms with Crippen LogP contribution < -0.4 is 0 Å². The Balaban J connectivity index is 1.68. The standard InChI is InChI=1S/C26H38O5S/c1-15-13-25(4)18(7-11-26(25,31)21(30)14-27)17-5-6-19-23(32-12-9-16(2)28)20(29)8-10-24(19,3)22(15)17/h15,17-18,22,27,31H,5-14H2,1-4H3/t15?,17?,18?,22?,24?,25?,26-/m0/s1.